The lowest BCUT2D eigenvalue weighted by atomic mass is 9.75. The summed E-state index contributed by atoms with van der Waals surface area (Å²) in [6, 6.07) is 8.67. The van der Waals surface area contributed by atoms with E-state index in [0.717, 1.165) is 63.4 Å². The van der Waals surface area contributed by atoms with Gasteiger partial charge in [0.15, 0.2) is 34.8 Å². The number of hydrogen-bond acceptors (Lipinski definition) is 1. The normalized spacial score (nSPS) is 20.5. The smallest absolute Gasteiger partial charge is 0.201 e. The van der Waals surface area contributed by atoms with E-state index in [9.17, 15) is 17.6 Å². The molecule has 5 rings (SSSR count). The molecule has 3 aromatic rings. The lowest BCUT2D eigenvalue weighted by Gasteiger charge is -2.31. The summed E-state index contributed by atoms with van der Waals surface area (Å²) in [6.45, 7) is 3.73. The fourth-order valence-corrected chi connectivity index (χ4v) is 7.02. The third-order valence-electron chi connectivity index (χ3n) is 9.57. The van der Waals surface area contributed by atoms with Crippen molar-refractivity contribution in [1.29, 1.82) is 0 Å². The molecule has 0 spiro atoms. The molecule has 2 aliphatic carbocycles. The second-order valence-electron chi connectivity index (χ2n) is 12.3. The van der Waals surface area contributed by atoms with E-state index in [1.54, 1.807) is 19.1 Å². The maximum atomic E-state index is 15.2. The molecular formula is C37H40F6O. The Kier molecular flexibility index (Phi) is 10.4. The molecule has 0 heterocycles. The second-order valence-corrected chi connectivity index (χ2v) is 12.3. The van der Waals surface area contributed by atoms with Crippen molar-refractivity contribution in [3.05, 3.63) is 94.1 Å². The van der Waals surface area contributed by atoms with Crippen molar-refractivity contribution in [3.8, 4) is 16.9 Å². The zero-order valence-corrected chi connectivity index (χ0v) is 25.4. The summed E-state index contributed by atoms with van der Waals surface area (Å²) in [7, 11) is 0. The third kappa shape index (κ3) is 6.72. The van der Waals surface area contributed by atoms with Gasteiger partial charge in [0.2, 0.25) is 5.82 Å². The maximum absolute atomic E-state index is 15.2. The Morgan fingerprint density at radius 2 is 1.27 bits per heavy atom. The molecule has 0 aromatic heterocycles. The average Bonchev–Trinajstić information content (AvgIpc) is 3.03. The van der Waals surface area contributed by atoms with Crippen molar-refractivity contribution in [3.63, 3.8) is 0 Å². The first kappa shape index (κ1) is 32.2. The average molecular weight is 615 g/mol. The Bertz CT molecular complexity index is 1500. The molecule has 1 fully saturated rings. The summed E-state index contributed by atoms with van der Waals surface area (Å²) in [4.78, 5) is 0. The van der Waals surface area contributed by atoms with Gasteiger partial charge in [-0.1, -0.05) is 50.1 Å². The van der Waals surface area contributed by atoms with Crippen molar-refractivity contribution in [2.24, 2.45) is 11.8 Å². The molecule has 0 bridgehead atoms. The zero-order valence-electron chi connectivity index (χ0n) is 25.4. The summed E-state index contributed by atoms with van der Waals surface area (Å²) in [5.41, 5.74) is 1.15. The number of benzene rings is 3. The standard InChI is InChI=1S/C37H40F6O/c1-3-5-26-16-17-27(33(39)32(26)38)24-12-8-22(9-13-24)6-7-23-10-14-25(15-11-23)28-18-19-29(35(41)34(28)40)30-20-21-31(44-4-2)37(43)36(30)42/h14,16-24H,3-13,15H2,1-2H3. The number of allylic oxidation sites excluding steroid dienone is 2. The van der Waals surface area contributed by atoms with Gasteiger partial charge in [-0.05, 0) is 111 Å². The highest BCUT2D eigenvalue weighted by Gasteiger charge is 2.28. The van der Waals surface area contributed by atoms with Crippen LogP contribution in [0.5, 0.6) is 5.75 Å². The monoisotopic (exact) mass is 614 g/mol. The molecule has 0 N–H and O–H groups in total. The zero-order chi connectivity index (χ0) is 31.4. The van der Waals surface area contributed by atoms with Crippen LogP contribution in [0.3, 0.4) is 0 Å². The van der Waals surface area contributed by atoms with Crippen molar-refractivity contribution >= 4 is 5.57 Å². The van der Waals surface area contributed by atoms with Gasteiger partial charge in [-0.3, -0.25) is 0 Å². The summed E-state index contributed by atoms with van der Waals surface area (Å²) in [5.74, 6) is -5.36. The van der Waals surface area contributed by atoms with Gasteiger partial charge >= 0.3 is 0 Å². The van der Waals surface area contributed by atoms with Crippen molar-refractivity contribution < 1.29 is 31.1 Å². The lowest BCUT2D eigenvalue weighted by molar-refractivity contribution is 0.278. The van der Waals surface area contributed by atoms with Gasteiger partial charge in [-0.25, -0.2) is 22.0 Å². The predicted molar refractivity (Wildman–Crippen MR) is 162 cm³/mol. The van der Waals surface area contributed by atoms with Crippen molar-refractivity contribution in [2.75, 3.05) is 6.61 Å². The molecule has 236 valence electrons. The second kappa shape index (κ2) is 14.3. The summed E-state index contributed by atoms with van der Waals surface area (Å²) in [6.07, 6.45) is 11.3. The van der Waals surface area contributed by atoms with E-state index in [0.29, 0.717) is 35.8 Å². The van der Waals surface area contributed by atoms with Gasteiger partial charge in [0.05, 0.1) is 6.61 Å². The summed E-state index contributed by atoms with van der Waals surface area (Å²) in [5, 5.41) is 0. The summed E-state index contributed by atoms with van der Waals surface area (Å²) < 4.78 is 93.7. The highest BCUT2D eigenvalue weighted by Crippen LogP contribution is 2.42. The van der Waals surface area contributed by atoms with Gasteiger partial charge in [0.1, 0.15) is 0 Å². The highest BCUT2D eigenvalue weighted by molar-refractivity contribution is 5.72. The Morgan fingerprint density at radius 3 is 1.93 bits per heavy atom. The Hall–Kier alpha value is -3.22. The lowest BCUT2D eigenvalue weighted by Crippen LogP contribution is -2.16. The number of rotatable bonds is 10. The largest absolute Gasteiger partial charge is 0.491 e. The minimum Gasteiger partial charge on any atom is -0.491 e. The molecule has 1 unspecified atom stereocenters. The molecule has 0 amide bonds. The van der Waals surface area contributed by atoms with Crippen LogP contribution in [0.25, 0.3) is 16.7 Å². The molecular weight excluding hydrogens is 574 g/mol. The van der Waals surface area contributed by atoms with Crippen LogP contribution >= 0.6 is 0 Å². The van der Waals surface area contributed by atoms with Crippen LogP contribution in [0.4, 0.5) is 26.3 Å². The number of hydrogen-bond donors (Lipinski definition) is 0. The van der Waals surface area contributed by atoms with Gasteiger partial charge in [0, 0.05) is 16.7 Å². The number of halogens is 6. The Labute approximate surface area is 256 Å². The van der Waals surface area contributed by atoms with Gasteiger partial charge in [-0.15, -0.1) is 0 Å². The first-order valence-electron chi connectivity index (χ1n) is 16.0. The van der Waals surface area contributed by atoms with E-state index in [4.69, 9.17) is 4.74 Å². The Morgan fingerprint density at radius 1 is 0.636 bits per heavy atom. The van der Waals surface area contributed by atoms with Crippen LogP contribution in [0, 0.1) is 46.7 Å². The molecule has 44 heavy (non-hydrogen) atoms. The Balaban J connectivity index is 1.16. The molecule has 0 saturated heterocycles. The minimum atomic E-state index is -1.28. The van der Waals surface area contributed by atoms with Crippen LogP contribution in [-0.4, -0.2) is 6.61 Å². The van der Waals surface area contributed by atoms with E-state index in [1.807, 2.05) is 13.0 Å². The SMILES string of the molecule is CCCc1ccc(C2CCC(CCC3CC=C(c4ccc(-c5ccc(OCC)c(F)c5F)c(F)c4F)CC3)CC2)c(F)c1F. The number of ether oxygens (including phenoxy) is 1. The van der Waals surface area contributed by atoms with E-state index >= 15 is 8.78 Å². The predicted octanol–water partition coefficient (Wildman–Crippen LogP) is 11.5. The quantitative estimate of drug-likeness (QED) is 0.207. The van der Waals surface area contributed by atoms with E-state index in [-0.39, 0.29) is 35.0 Å². The first-order valence-corrected chi connectivity index (χ1v) is 16.0. The first-order chi connectivity index (χ1) is 21.2. The van der Waals surface area contributed by atoms with Crippen molar-refractivity contribution in [2.45, 2.75) is 90.4 Å². The molecule has 0 radical (unpaired) electrons. The van der Waals surface area contributed by atoms with E-state index in [2.05, 4.69) is 0 Å². The van der Waals surface area contributed by atoms with Crippen LogP contribution in [0.2, 0.25) is 0 Å². The molecule has 2 aliphatic rings. The molecule has 7 heteroatoms. The van der Waals surface area contributed by atoms with Crippen LogP contribution in [0.15, 0.2) is 42.5 Å². The third-order valence-corrected chi connectivity index (χ3v) is 9.57. The molecule has 1 saturated carbocycles. The molecule has 0 aliphatic heterocycles. The highest BCUT2D eigenvalue weighted by atomic mass is 19.2. The minimum absolute atomic E-state index is 0.0585. The van der Waals surface area contributed by atoms with Gasteiger partial charge in [0.25, 0.3) is 0 Å². The van der Waals surface area contributed by atoms with E-state index < -0.39 is 34.9 Å². The summed E-state index contributed by atoms with van der Waals surface area (Å²) >= 11 is 0. The van der Waals surface area contributed by atoms with E-state index in [1.165, 1.54) is 24.3 Å². The van der Waals surface area contributed by atoms with Crippen LogP contribution in [0.1, 0.15) is 101 Å². The maximum Gasteiger partial charge on any atom is 0.201 e. The fourth-order valence-electron chi connectivity index (χ4n) is 7.02. The molecule has 3 aromatic carbocycles. The van der Waals surface area contributed by atoms with Crippen LogP contribution < -0.4 is 4.74 Å². The van der Waals surface area contributed by atoms with Gasteiger partial charge in [-0.2, -0.15) is 4.39 Å². The molecule has 1 atom stereocenters. The number of aryl methyl sites for hydroxylation is 1. The van der Waals surface area contributed by atoms with Gasteiger partial charge < -0.3 is 4.74 Å². The van der Waals surface area contributed by atoms with Crippen LogP contribution in [-0.2, 0) is 6.42 Å². The topological polar surface area (TPSA) is 9.23 Å². The van der Waals surface area contributed by atoms with Crippen molar-refractivity contribution in [1.82, 2.24) is 0 Å². The fraction of sp³-hybridized carbons (Fsp3) is 0.459. The molecule has 1 nitrogen and oxygen atoms in total.